The molecule has 2 aromatic carbocycles. The van der Waals surface area contributed by atoms with Gasteiger partial charge in [-0.3, -0.25) is 14.4 Å². The third-order valence-electron chi connectivity index (χ3n) is 7.97. The first-order valence-electron chi connectivity index (χ1n) is 14.2. The van der Waals surface area contributed by atoms with E-state index < -0.39 is 11.0 Å². The quantitative estimate of drug-likeness (QED) is 0.351. The highest BCUT2D eigenvalue weighted by Gasteiger charge is 2.29. The molecule has 0 saturated heterocycles. The number of aryl methyl sites for hydroxylation is 1. The first-order chi connectivity index (χ1) is 19.4. The van der Waals surface area contributed by atoms with Gasteiger partial charge in [0.05, 0.1) is 23.5 Å². The number of ether oxygens (including phenoxy) is 1. The van der Waals surface area contributed by atoms with E-state index in [4.69, 9.17) is 4.74 Å². The van der Waals surface area contributed by atoms with Crippen LogP contribution in [0.3, 0.4) is 0 Å². The summed E-state index contributed by atoms with van der Waals surface area (Å²) in [6.45, 7) is 10.7. The van der Waals surface area contributed by atoms with Crippen LogP contribution in [0.15, 0.2) is 48.5 Å². The van der Waals surface area contributed by atoms with Crippen molar-refractivity contribution in [1.82, 2.24) is 20.3 Å². The lowest BCUT2D eigenvalue weighted by atomic mass is 9.86. The fourth-order valence-electron chi connectivity index (χ4n) is 4.89. The second kappa shape index (κ2) is 12.3. The molecule has 1 aliphatic rings. The van der Waals surface area contributed by atoms with Crippen LogP contribution in [-0.2, 0) is 32.7 Å². The molecule has 9 heteroatoms. The SMILES string of the molecule is CC(=O)C(C)(C)CCOC(C)(C)CCNC(=O)CCC(=O)N1Cc2ccccc2-c2c(nnn2C)-c2ccccc21. The molecular formula is C32H41N5O4. The number of anilines is 1. The highest BCUT2D eigenvalue weighted by atomic mass is 16.5. The molecule has 0 spiro atoms. The number of aromatic nitrogens is 3. The smallest absolute Gasteiger partial charge is 0.227 e. The van der Waals surface area contributed by atoms with E-state index in [9.17, 15) is 14.4 Å². The predicted molar refractivity (Wildman–Crippen MR) is 159 cm³/mol. The number of hydrogen-bond acceptors (Lipinski definition) is 6. The molecule has 2 heterocycles. The van der Waals surface area contributed by atoms with E-state index in [1.165, 1.54) is 0 Å². The Kier molecular flexibility index (Phi) is 9.07. The van der Waals surface area contributed by atoms with Gasteiger partial charge >= 0.3 is 0 Å². The number of carbonyl (C=O) groups is 3. The van der Waals surface area contributed by atoms with Crippen LogP contribution in [0.4, 0.5) is 5.69 Å². The summed E-state index contributed by atoms with van der Waals surface area (Å²) in [6, 6.07) is 15.7. The Hall–Kier alpha value is -3.85. The number of para-hydroxylation sites is 1. The lowest BCUT2D eigenvalue weighted by Crippen LogP contribution is -2.35. The first-order valence-corrected chi connectivity index (χ1v) is 14.2. The number of amides is 2. The number of nitrogens with one attached hydrogen (secondary N) is 1. The maximum atomic E-state index is 13.6. The van der Waals surface area contributed by atoms with Gasteiger partial charge in [-0.1, -0.05) is 61.5 Å². The van der Waals surface area contributed by atoms with Gasteiger partial charge in [-0.25, -0.2) is 4.68 Å². The molecule has 1 aromatic heterocycles. The van der Waals surface area contributed by atoms with E-state index in [-0.39, 0.29) is 30.4 Å². The van der Waals surface area contributed by atoms with Crippen LogP contribution in [0.2, 0.25) is 0 Å². The van der Waals surface area contributed by atoms with Crippen molar-refractivity contribution in [3.8, 4) is 22.5 Å². The average molecular weight is 560 g/mol. The number of ketones is 1. The summed E-state index contributed by atoms with van der Waals surface area (Å²) in [7, 11) is 1.87. The Morgan fingerprint density at radius 1 is 0.951 bits per heavy atom. The van der Waals surface area contributed by atoms with Crippen molar-refractivity contribution in [2.24, 2.45) is 12.5 Å². The van der Waals surface area contributed by atoms with Gasteiger partial charge in [-0.15, -0.1) is 5.10 Å². The molecule has 0 fully saturated rings. The summed E-state index contributed by atoms with van der Waals surface area (Å²) in [5.74, 6) is -0.169. The third kappa shape index (κ3) is 7.08. The second-order valence-electron chi connectivity index (χ2n) is 12.0. The van der Waals surface area contributed by atoms with Crippen LogP contribution in [0.1, 0.15) is 65.9 Å². The van der Waals surface area contributed by atoms with Crippen LogP contribution in [0, 0.1) is 5.41 Å². The normalized spacial score (nSPS) is 13.0. The molecule has 0 saturated carbocycles. The maximum absolute atomic E-state index is 13.6. The summed E-state index contributed by atoms with van der Waals surface area (Å²) >= 11 is 0. The Morgan fingerprint density at radius 2 is 1.63 bits per heavy atom. The highest BCUT2D eigenvalue weighted by molar-refractivity contribution is 6.01. The number of Topliss-reactive ketones (excluding diaryl/α,β-unsaturated/α-hetero) is 1. The molecule has 0 bridgehead atoms. The Labute approximate surface area is 242 Å². The molecule has 4 rings (SSSR count). The van der Waals surface area contributed by atoms with E-state index in [0.29, 0.717) is 32.5 Å². The highest BCUT2D eigenvalue weighted by Crippen LogP contribution is 2.40. The molecule has 0 radical (unpaired) electrons. The minimum Gasteiger partial charge on any atom is -0.375 e. The van der Waals surface area contributed by atoms with Crippen molar-refractivity contribution >= 4 is 23.3 Å². The summed E-state index contributed by atoms with van der Waals surface area (Å²) in [4.78, 5) is 39.8. The fraction of sp³-hybridized carbons (Fsp3) is 0.469. The Bertz CT molecular complexity index is 1420. The zero-order chi connectivity index (χ0) is 29.8. The molecule has 0 atom stereocenters. The van der Waals surface area contributed by atoms with Gasteiger partial charge in [-0.05, 0) is 45.2 Å². The van der Waals surface area contributed by atoms with E-state index in [1.54, 1.807) is 16.5 Å². The van der Waals surface area contributed by atoms with Gasteiger partial charge in [-0.2, -0.15) is 0 Å². The lowest BCUT2D eigenvalue weighted by molar-refractivity contribution is -0.127. The Morgan fingerprint density at radius 3 is 2.37 bits per heavy atom. The molecule has 0 aliphatic carbocycles. The number of carbonyl (C=O) groups excluding carboxylic acids is 3. The van der Waals surface area contributed by atoms with E-state index >= 15 is 0 Å². The van der Waals surface area contributed by atoms with Gasteiger partial charge < -0.3 is 15.0 Å². The molecule has 1 aliphatic heterocycles. The maximum Gasteiger partial charge on any atom is 0.227 e. The van der Waals surface area contributed by atoms with Crippen molar-refractivity contribution < 1.29 is 19.1 Å². The molecule has 2 amide bonds. The molecule has 1 N–H and O–H groups in total. The topological polar surface area (TPSA) is 106 Å². The molecule has 218 valence electrons. The van der Waals surface area contributed by atoms with Gasteiger partial charge in [0, 0.05) is 49.6 Å². The first kappa shape index (κ1) is 30.1. The van der Waals surface area contributed by atoms with Crippen molar-refractivity contribution in [2.45, 2.75) is 72.4 Å². The van der Waals surface area contributed by atoms with Crippen molar-refractivity contribution in [2.75, 3.05) is 18.1 Å². The number of rotatable bonds is 11. The van der Waals surface area contributed by atoms with Crippen LogP contribution >= 0.6 is 0 Å². The summed E-state index contributed by atoms with van der Waals surface area (Å²) in [5.41, 5.74) is 4.32. The number of fused-ring (bicyclic) bond motifs is 5. The largest absolute Gasteiger partial charge is 0.375 e. The van der Waals surface area contributed by atoms with Crippen LogP contribution in [0.5, 0.6) is 0 Å². The van der Waals surface area contributed by atoms with Gasteiger partial charge in [0.15, 0.2) is 0 Å². The number of nitrogens with zero attached hydrogens (tertiary/aromatic N) is 4. The fourth-order valence-corrected chi connectivity index (χ4v) is 4.89. The summed E-state index contributed by atoms with van der Waals surface area (Å²) in [6.07, 6.45) is 1.42. The van der Waals surface area contributed by atoms with Crippen molar-refractivity contribution in [1.29, 1.82) is 0 Å². The lowest BCUT2D eigenvalue weighted by Gasteiger charge is -2.29. The zero-order valence-corrected chi connectivity index (χ0v) is 25.0. The predicted octanol–water partition coefficient (Wildman–Crippen LogP) is 5.08. The van der Waals surface area contributed by atoms with Crippen molar-refractivity contribution in [3.63, 3.8) is 0 Å². The van der Waals surface area contributed by atoms with Crippen molar-refractivity contribution in [3.05, 3.63) is 54.1 Å². The Balaban J connectivity index is 1.37. The average Bonchev–Trinajstić information content (AvgIpc) is 3.29. The van der Waals surface area contributed by atoms with Gasteiger partial charge in [0.1, 0.15) is 11.5 Å². The molecule has 9 nitrogen and oxygen atoms in total. The van der Waals surface area contributed by atoms with Crippen LogP contribution < -0.4 is 10.2 Å². The van der Waals surface area contributed by atoms with Gasteiger partial charge in [0.2, 0.25) is 11.8 Å². The summed E-state index contributed by atoms with van der Waals surface area (Å²) < 4.78 is 7.78. The molecular weight excluding hydrogens is 518 g/mol. The monoisotopic (exact) mass is 559 g/mol. The van der Waals surface area contributed by atoms with E-state index in [2.05, 4.69) is 15.6 Å². The molecule has 3 aromatic rings. The van der Waals surface area contributed by atoms with Crippen LogP contribution in [-0.4, -0.2) is 51.3 Å². The van der Waals surface area contributed by atoms with E-state index in [0.717, 1.165) is 33.8 Å². The van der Waals surface area contributed by atoms with Crippen LogP contribution in [0.25, 0.3) is 22.5 Å². The van der Waals surface area contributed by atoms with Gasteiger partial charge in [0.25, 0.3) is 0 Å². The minimum absolute atomic E-state index is 0.0790. The number of hydrogen-bond donors (Lipinski definition) is 1. The van der Waals surface area contributed by atoms with E-state index in [1.807, 2.05) is 83.3 Å². The third-order valence-corrected chi connectivity index (χ3v) is 7.97. The second-order valence-corrected chi connectivity index (χ2v) is 12.0. The minimum atomic E-state index is -0.448. The zero-order valence-electron chi connectivity index (χ0n) is 25.0. The molecule has 0 unspecified atom stereocenters. The summed E-state index contributed by atoms with van der Waals surface area (Å²) in [5, 5.41) is 11.6. The standard InChI is InChI=1S/C32H41N5O4/c1-22(38)31(2,3)18-20-41-32(4,5)17-19-33-27(39)15-16-28(40)37-21-23-11-7-8-12-24(23)30-29(34-35-36(30)6)25-13-9-10-14-26(25)37/h7-14H,15-21H2,1-6H3,(H,33,39). The molecule has 41 heavy (non-hydrogen) atoms. The number of benzene rings is 2.